The van der Waals surface area contributed by atoms with Gasteiger partial charge in [-0.15, -0.1) is 0 Å². The molecule has 0 saturated carbocycles. The van der Waals surface area contributed by atoms with E-state index in [1.807, 2.05) is 18.2 Å². The number of Topliss-reactive ketones (excluding diaryl/α,β-unsaturated/α-hetero) is 1. The van der Waals surface area contributed by atoms with Crippen LogP contribution in [0.15, 0.2) is 24.3 Å². The van der Waals surface area contributed by atoms with Gasteiger partial charge in [-0.2, -0.15) is 0 Å². The predicted octanol–water partition coefficient (Wildman–Crippen LogP) is 2.26. The van der Waals surface area contributed by atoms with E-state index < -0.39 is 0 Å². The van der Waals surface area contributed by atoms with Crippen molar-refractivity contribution in [3.05, 3.63) is 29.8 Å². The van der Waals surface area contributed by atoms with Crippen LogP contribution in [-0.2, 0) is 0 Å². The number of aliphatic hydroxyl groups excluding tert-OH is 1. The summed E-state index contributed by atoms with van der Waals surface area (Å²) >= 11 is 0. The summed E-state index contributed by atoms with van der Waals surface area (Å²) in [5.74, 6) is 0.709. The molecule has 1 aromatic carbocycles. The van der Waals surface area contributed by atoms with E-state index in [4.69, 9.17) is 4.74 Å². The fourth-order valence-electron chi connectivity index (χ4n) is 3.75. The van der Waals surface area contributed by atoms with Gasteiger partial charge in [0.25, 0.3) is 0 Å². The summed E-state index contributed by atoms with van der Waals surface area (Å²) in [6, 6.07) is 8.42. The van der Waals surface area contributed by atoms with Crippen molar-refractivity contribution in [1.29, 1.82) is 0 Å². The maximum Gasteiger partial charge on any atom is 0.163 e. The maximum absolute atomic E-state index is 11.6. The molecule has 0 aliphatic carbocycles. The molecular formula is C17H23NO3. The van der Waals surface area contributed by atoms with Gasteiger partial charge in [0.05, 0.1) is 11.7 Å². The molecule has 2 atom stereocenters. The van der Waals surface area contributed by atoms with Crippen LogP contribution in [0, 0.1) is 0 Å². The van der Waals surface area contributed by atoms with Gasteiger partial charge in [-0.1, -0.05) is 12.1 Å². The first-order valence-corrected chi connectivity index (χ1v) is 7.81. The van der Waals surface area contributed by atoms with Crippen LogP contribution < -0.4 is 4.74 Å². The zero-order chi connectivity index (χ0) is 14.8. The van der Waals surface area contributed by atoms with E-state index in [-0.39, 0.29) is 11.9 Å². The number of ketones is 1. The van der Waals surface area contributed by atoms with E-state index in [1.54, 1.807) is 13.0 Å². The summed E-state index contributed by atoms with van der Waals surface area (Å²) in [5, 5.41) is 9.81. The summed E-state index contributed by atoms with van der Waals surface area (Å²) < 4.78 is 5.83. The highest BCUT2D eigenvalue weighted by Gasteiger charge is 2.39. The lowest BCUT2D eigenvalue weighted by atomic mass is 10.0. The van der Waals surface area contributed by atoms with Gasteiger partial charge >= 0.3 is 0 Å². The Morgan fingerprint density at radius 2 is 1.95 bits per heavy atom. The molecule has 1 aromatic rings. The first kappa shape index (κ1) is 14.5. The number of para-hydroxylation sites is 1. The normalized spacial score (nSPS) is 28.6. The van der Waals surface area contributed by atoms with Gasteiger partial charge < -0.3 is 9.84 Å². The maximum atomic E-state index is 11.6. The Morgan fingerprint density at radius 1 is 1.29 bits per heavy atom. The van der Waals surface area contributed by atoms with Crippen molar-refractivity contribution in [1.82, 2.24) is 4.90 Å². The Bertz CT molecular complexity index is 503. The predicted molar refractivity (Wildman–Crippen MR) is 80.7 cm³/mol. The van der Waals surface area contributed by atoms with Crippen LogP contribution in [0.2, 0.25) is 0 Å². The number of carbonyl (C=O) groups excluding carboxylic acids is 1. The lowest BCUT2D eigenvalue weighted by Crippen LogP contribution is -2.46. The molecule has 4 nitrogen and oxygen atoms in total. The molecule has 0 radical (unpaired) electrons. The van der Waals surface area contributed by atoms with Gasteiger partial charge in [0.2, 0.25) is 0 Å². The summed E-state index contributed by atoms with van der Waals surface area (Å²) in [6.45, 7) is 3.02. The number of benzene rings is 1. The minimum atomic E-state index is -0.127. The monoisotopic (exact) mass is 289 g/mol. The van der Waals surface area contributed by atoms with Gasteiger partial charge in [-0.3, -0.25) is 9.69 Å². The molecule has 2 saturated heterocycles. The lowest BCUT2D eigenvalue weighted by Gasteiger charge is -2.37. The van der Waals surface area contributed by atoms with Crippen molar-refractivity contribution in [2.24, 2.45) is 0 Å². The van der Waals surface area contributed by atoms with Crippen LogP contribution >= 0.6 is 0 Å². The van der Waals surface area contributed by atoms with Crippen LogP contribution in [0.3, 0.4) is 0 Å². The number of carbonyl (C=O) groups is 1. The number of rotatable bonds is 5. The number of aliphatic hydroxyl groups is 1. The average Bonchev–Trinajstić information content (AvgIpc) is 2.70. The van der Waals surface area contributed by atoms with E-state index in [9.17, 15) is 9.90 Å². The zero-order valence-electron chi connectivity index (χ0n) is 12.5. The number of fused-ring (bicyclic) bond motifs is 2. The number of nitrogens with zero attached hydrogens (tertiary/aromatic N) is 1. The van der Waals surface area contributed by atoms with Crippen molar-refractivity contribution >= 4 is 5.78 Å². The van der Waals surface area contributed by atoms with E-state index in [0.29, 0.717) is 30.0 Å². The van der Waals surface area contributed by atoms with Crippen LogP contribution in [0.5, 0.6) is 5.75 Å². The van der Waals surface area contributed by atoms with E-state index in [1.165, 1.54) is 12.8 Å². The molecule has 4 heteroatoms. The second kappa shape index (κ2) is 6.16. The van der Waals surface area contributed by atoms with Gasteiger partial charge in [0, 0.05) is 18.6 Å². The van der Waals surface area contributed by atoms with Crippen molar-refractivity contribution in [2.45, 2.75) is 50.8 Å². The van der Waals surface area contributed by atoms with Crippen molar-refractivity contribution in [3.8, 4) is 5.75 Å². The van der Waals surface area contributed by atoms with Crippen molar-refractivity contribution < 1.29 is 14.6 Å². The smallest absolute Gasteiger partial charge is 0.163 e. The molecule has 2 aliphatic rings. The molecular weight excluding hydrogens is 266 g/mol. The Morgan fingerprint density at radius 3 is 2.62 bits per heavy atom. The molecule has 3 rings (SSSR count). The minimum absolute atomic E-state index is 0.0340. The van der Waals surface area contributed by atoms with Gasteiger partial charge in [0.15, 0.2) is 5.78 Å². The second-order valence-corrected chi connectivity index (χ2v) is 6.15. The number of ether oxygens (including phenoxy) is 1. The van der Waals surface area contributed by atoms with Crippen LogP contribution in [0.1, 0.15) is 43.0 Å². The third-order valence-electron chi connectivity index (χ3n) is 4.73. The van der Waals surface area contributed by atoms with E-state index >= 15 is 0 Å². The Kier molecular flexibility index (Phi) is 4.27. The third-order valence-corrected chi connectivity index (χ3v) is 4.73. The molecule has 1 N–H and O–H groups in total. The lowest BCUT2D eigenvalue weighted by molar-refractivity contribution is 0.0287. The van der Waals surface area contributed by atoms with Gasteiger partial charge in [0.1, 0.15) is 12.4 Å². The molecule has 0 aromatic heterocycles. The zero-order valence-corrected chi connectivity index (χ0v) is 12.5. The number of piperidine rings is 1. The quantitative estimate of drug-likeness (QED) is 0.845. The molecule has 2 aliphatic heterocycles. The molecule has 2 unspecified atom stereocenters. The SMILES string of the molecule is CC(=O)c1ccccc1OCCN1C2CCC1CC(O)C2. The highest BCUT2D eigenvalue weighted by atomic mass is 16.5. The minimum Gasteiger partial charge on any atom is -0.491 e. The van der Waals surface area contributed by atoms with Crippen LogP contribution in [0.25, 0.3) is 0 Å². The fourth-order valence-corrected chi connectivity index (χ4v) is 3.75. The highest BCUT2D eigenvalue weighted by molar-refractivity contribution is 5.96. The largest absolute Gasteiger partial charge is 0.491 e. The number of hydrogen-bond acceptors (Lipinski definition) is 4. The van der Waals surface area contributed by atoms with E-state index in [0.717, 1.165) is 19.4 Å². The summed E-state index contributed by atoms with van der Waals surface area (Å²) in [6.07, 6.45) is 4.02. The molecule has 21 heavy (non-hydrogen) atoms. The van der Waals surface area contributed by atoms with E-state index in [2.05, 4.69) is 4.90 Å². The topological polar surface area (TPSA) is 49.8 Å². The van der Waals surface area contributed by atoms with Crippen LogP contribution in [-0.4, -0.2) is 47.1 Å². The number of hydrogen-bond donors (Lipinski definition) is 1. The molecule has 0 amide bonds. The molecule has 0 spiro atoms. The summed E-state index contributed by atoms with van der Waals surface area (Å²) in [7, 11) is 0. The van der Waals surface area contributed by atoms with Crippen molar-refractivity contribution in [2.75, 3.05) is 13.2 Å². The standard InChI is InChI=1S/C17H23NO3/c1-12(19)16-4-2-3-5-17(16)21-9-8-18-13-6-7-14(18)11-15(20)10-13/h2-5,13-15,20H,6-11H2,1H3. The highest BCUT2D eigenvalue weighted by Crippen LogP contribution is 2.35. The second-order valence-electron chi connectivity index (χ2n) is 6.15. The molecule has 2 bridgehead atoms. The Labute approximate surface area is 125 Å². The van der Waals surface area contributed by atoms with Gasteiger partial charge in [-0.25, -0.2) is 0 Å². The average molecular weight is 289 g/mol. The first-order valence-electron chi connectivity index (χ1n) is 7.81. The molecule has 114 valence electrons. The van der Waals surface area contributed by atoms with Crippen molar-refractivity contribution in [3.63, 3.8) is 0 Å². The molecule has 2 fully saturated rings. The van der Waals surface area contributed by atoms with Crippen LogP contribution in [0.4, 0.5) is 0 Å². The summed E-state index contributed by atoms with van der Waals surface area (Å²) in [4.78, 5) is 14.0. The Hall–Kier alpha value is -1.39. The van der Waals surface area contributed by atoms with Gasteiger partial charge in [-0.05, 0) is 44.7 Å². The summed E-state index contributed by atoms with van der Waals surface area (Å²) in [5.41, 5.74) is 0.648. The third kappa shape index (κ3) is 3.11. The molecule has 2 heterocycles. The Balaban J connectivity index is 1.56. The fraction of sp³-hybridized carbons (Fsp3) is 0.588. The first-order chi connectivity index (χ1) is 10.1.